The minimum atomic E-state index is -0.635. The van der Waals surface area contributed by atoms with Crippen molar-refractivity contribution in [2.24, 2.45) is 0 Å². The number of aliphatic hydroxyl groups excluding tert-OH is 1. The predicted octanol–water partition coefficient (Wildman–Crippen LogP) is 7.24. The molecule has 4 aromatic heterocycles. The van der Waals surface area contributed by atoms with E-state index in [1.807, 2.05) is 41.1 Å². The number of nitrogens with zero attached hydrogens (tertiary/aromatic N) is 4. The molecule has 0 saturated carbocycles. The highest BCUT2D eigenvalue weighted by atomic mass is 32.1. The molecule has 6 nitrogen and oxygen atoms in total. The van der Waals surface area contributed by atoms with Crippen LogP contribution >= 0.6 is 45.3 Å². The summed E-state index contributed by atoms with van der Waals surface area (Å²) < 4.78 is 2.40. The fourth-order valence-electron chi connectivity index (χ4n) is 4.73. The lowest BCUT2D eigenvalue weighted by Crippen LogP contribution is -2.16. The second-order valence-electron chi connectivity index (χ2n) is 10.5. The minimum Gasteiger partial charge on any atom is -0.382 e. The van der Waals surface area contributed by atoms with Crippen molar-refractivity contribution in [1.29, 1.82) is 0 Å². The van der Waals surface area contributed by atoms with Gasteiger partial charge in [0.05, 0.1) is 16.7 Å². The summed E-state index contributed by atoms with van der Waals surface area (Å²) in [5.74, 6) is 0.0439. The lowest BCUT2D eigenvalue weighted by molar-refractivity contribution is 0.103. The van der Waals surface area contributed by atoms with Crippen LogP contribution in [0.25, 0.3) is 20.2 Å². The quantitative estimate of drug-likeness (QED) is 0.160. The number of likely N-dealkylation sites (N-methyl/N-ethyl adjacent to an activating group) is 2. The van der Waals surface area contributed by atoms with Crippen molar-refractivity contribution in [1.82, 2.24) is 19.8 Å². The lowest BCUT2D eigenvalue weighted by atomic mass is 10.0. The number of thiazole rings is 2. The molecule has 0 fully saturated rings. The average molecular weight is 635 g/mol. The van der Waals surface area contributed by atoms with Crippen molar-refractivity contribution in [3.63, 3.8) is 0 Å². The number of aliphatic hydroxyl groups is 1. The van der Waals surface area contributed by atoms with E-state index in [0.717, 1.165) is 58.4 Å². The molecule has 42 heavy (non-hydrogen) atoms. The monoisotopic (exact) mass is 634 g/mol. The summed E-state index contributed by atoms with van der Waals surface area (Å²) in [6.07, 6.45) is 1.20. The Morgan fingerprint density at radius 2 is 1.36 bits per heavy atom. The molecule has 6 aromatic rings. The minimum absolute atomic E-state index is 0.0439. The van der Waals surface area contributed by atoms with Gasteiger partial charge in [0.2, 0.25) is 5.78 Å². The van der Waals surface area contributed by atoms with Crippen LogP contribution in [0.2, 0.25) is 0 Å². The molecule has 10 heteroatoms. The molecule has 1 N–H and O–H groups in total. The zero-order valence-electron chi connectivity index (χ0n) is 24.1. The van der Waals surface area contributed by atoms with Gasteiger partial charge in [0.1, 0.15) is 11.8 Å². The van der Waals surface area contributed by atoms with Gasteiger partial charge < -0.3 is 14.9 Å². The number of carbonyl (C=O) groups is 1. The van der Waals surface area contributed by atoms with E-state index < -0.39 is 6.10 Å². The van der Waals surface area contributed by atoms with Gasteiger partial charge >= 0.3 is 0 Å². The first-order valence-electron chi connectivity index (χ1n) is 13.6. The number of ketones is 1. The summed E-state index contributed by atoms with van der Waals surface area (Å²) in [4.78, 5) is 28.0. The number of thiophene rings is 2. The van der Waals surface area contributed by atoms with Gasteiger partial charge in [-0.2, -0.15) is 0 Å². The van der Waals surface area contributed by atoms with Crippen LogP contribution in [0, 0.1) is 0 Å². The van der Waals surface area contributed by atoms with Crippen molar-refractivity contribution in [3.05, 3.63) is 103 Å². The highest BCUT2D eigenvalue weighted by Crippen LogP contribution is 2.38. The highest BCUT2D eigenvalue weighted by Gasteiger charge is 2.23. The van der Waals surface area contributed by atoms with Gasteiger partial charge in [0.25, 0.3) is 0 Å². The van der Waals surface area contributed by atoms with E-state index in [-0.39, 0.29) is 5.78 Å². The molecule has 0 aliphatic rings. The molecule has 0 spiro atoms. The maximum Gasteiger partial charge on any atom is 0.213 e. The molecule has 6 rings (SSSR count). The first kappa shape index (κ1) is 30.6. The van der Waals surface area contributed by atoms with Crippen molar-refractivity contribution >= 4 is 71.3 Å². The first-order chi connectivity index (χ1) is 20.3. The number of benzene rings is 2. The Labute approximate surface area is 262 Å². The Kier molecular flexibility index (Phi) is 10.3. The van der Waals surface area contributed by atoms with E-state index in [4.69, 9.17) is 0 Å². The van der Waals surface area contributed by atoms with Crippen LogP contribution in [-0.2, 0) is 12.8 Å². The second kappa shape index (κ2) is 14.1. The maximum atomic E-state index is 12.8. The fourth-order valence-corrected chi connectivity index (χ4v) is 8.25. The van der Waals surface area contributed by atoms with Gasteiger partial charge in [-0.25, -0.2) is 9.97 Å². The Morgan fingerprint density at radius 3 is 1.98 bits per heavy atom. The van der Waals surface area contributed by atoms with Crippen molar-refractivity contribution in [2.75, 3.05) is 41.3 Å². The Hall–Kier alpha value is -2.83. The molecular weight excluding hydrogens is 601 g/mol. The van der Waals surface area contributed by atoms with Gasteiger partial charge in [-0.15, -0.1) is 45.3 Å². The predicted molar refractivity (Wildman–Crippen MR) is 180 cm³/mol. The van der Waals surface area contributed by atoms with Crippen LogP contribution in [0.5, 0.6) is 0 Å². The Bertz CT molecular complexity index is 1740. The van der Waals surface area contributed by atoms with Gasteiger partial charge in [0.15, 0.2) is 0 Å². The molecule has 218 valence electrons. The third kappa shape index (κ3) is 7.03. The molecule has 0 amide bonds. The molecular formula is C32H34N4O2S4. The molecule has 1 atom stereocenters. The van der Waals surface area contributed by atoms with E-state index in [1.54, 1.807) is 33.7 Å². The second-order valence-corrected chi connectivity index (χ2v) is 14.2. The van der Waals surface area contributed by atoms with Crippen LogP contribution < -0.4 is 0 Å². The molecule has 0 radical (unpaired) electrons. The Balaban J connectivity index is 0.000000168. The van der Waals surface area contributed by atoms with Crippen LogP contribution in [0.1, 0.15) is 43.2 Å². The molecule has 0 aliphatic carbocycles. The summed E-state index contributed by atoms with van der Waals surface area (Å²) in [6.45, 7) is 1.91. The van der Waals surface area contributed by atoms with E-state index >= 15 is 0 Å². The summed E-state index contributed by atoms with van der Waals surface area (Å²) in [6, 6.07) is 16.4. The summed E-state index contributed by atoms with van der Waals surface area (Å²) in [7, 11) is 8.25. The van der Waals surface area contributed by atoms with Crippen LogP contribution in [0.3, 0.4) is 0 Å². The Morgan fingerprint density at radius 1 is 0.786 bits per heavy atom. The van der Waals surface area contributed by atoms with Gasteiger partial charge in [0, 0.05) is 59.5 Å². The topological polar surface area (TPSA) is 69.6 Å². The van der Waals surface area contributed by atoms with Crippen LogP contribution in [0.4, 0.5) is 0 Å². The molecule has 4 heterocycles. The van der Waals surface area contributed by atoms with E-state index in [9.17, 15) is 9.90 Å². The third-order valence-electron chi connectivity index (χ3n) is 6.85. The van der Waals surface area contributed by atoms with Crippen molar-refractivity contribution < 1.29 is 9.90 Å². The molecule has 2 aromatic carbocycles. The maximum absolute atomic E-state index is 12.8. The largest absolute Gasteiger partial charge is 0.382 e. The number of rotatable bonds is 10. The summed E-state index contributed by atoms with van der Waals surface area (Å²) in [5, 5.41) is 16.7. The third-order valence-corrected chi connectivity index (χ3v) is 10.5. The smallest absolute Gasteiger partial charge is 0.213 e. The fraction of sp³-hybridized carbons (Fsp3) is 0.281. The number of fused-ring (bicyclic) bond motifs is 2. The molecule has 1 unspecified atom stereocenters. The zero-order valence-corrected chi connectivity index (χ0v) is 27.4. The van der Waals surface area contributed by atoms with E-state index in [2.05, 4.69) is 66.2 Å². The zero-order chi connectivity index (χ0) is 29.6. The van der Waals surface area contributed by atoms with E-state index in [0.29, 0.717) is 5.69 Å². The van der Waals surface area contributed by atoms with E-state index in [1.165, 1.54) is 37.0 Å². The summed E-state index contributed by atoms with van der Waals surface area (Å²) >= 11 is 6.48. The standard InChI is InChI=1S/C16H18N2OS2.C16H16N2OS2/c2*1-18(2)8-7-14-15(16(19)12-9-20-10-17-12)11-5-3-4-6-13(11)21-14/h3-6,9-10,16,19H,7-8H2,1-2H3;3-6,9-10H,7-8H2,1-2H3. The lowest BCUT2D eigenvalue weighted by Gasteiger charge is -2.13. The normalized spacial score (nSPS) is 12.3. The number of carbonyl (C=O) groups excluding carboxylic acids is 1. The van der Waals surface area contributed by atoms with Gasteiger partial charge in [-0.05, 0) is 58.6 Å². The summed E-state index contributed by atoms with van der Waals surface area (Å²) in [5.41, 5.74) is 6.64. The number of hydrogen-bond donors (Lipinski definition) is 1. The number of hydrogen-bond acceptors (Lipinski definition) is 10. The molecule has 0 saturated heterocycles. The highest BCUT2D eigenvalue weighted by molar-refractivity contribution is 7.19. The van der Waals surface area contributed by atoms with Gasteiger partial charge in [-0.3, -0.25) is 4.79 Å². The van der Waals surface area contributed by atoms with Gasteiger partial charge in [-0.1, -0.05) is 36.4 Å². The van der Waals surface area contributed by atoms with Crippen molar-refractivity contribution in [3.8, 4) is 0 Å². The van der Waals surface area contributed by atoms with Crippen LogP contribution in [-0.4, -0.2) is 71.9 Å². The first-order valence-corrected chi connectivity index (χ1v) is 17.1. The molecule has 0 bridgehead atoms. The molecule has 0 aliphatic heterocycles. The SMILES string of the molecule is CN(C)CCc1sc2ccccc2c1C(=O)c1cscn1.CN(C)CCc1sc2ccccc2c1C(O)c1cscn1. The number of aromatic nitrogens is 2. The van der Waals surface area contributed by atoms with Crippen LogP contribution in [0.15, 0.2) is 70.3 Å². The average Bonchev–Trinajstić information content (AvgIpc) is 3.80. The van der Waals surface area contributed by atoms with Crippen molar-refractivity contribution in [2.45, 2.75) is 18.9 Å².